The Kier molecular flexibility index (Phi) is 6.94. The fourth-order valence-electron chi connectivity index (χ4n) is 5.69. The number of fused-ring (bicyclic) bond motifs is 1. The first-order valence-electron chi connectivity index (χ1n) is 13.9. The van der Waals surface area contributed by atoms with Gasteiger partial charge < -0.3 is 25.0 Å². The predicted octanol–water partition coefficient (Wildman–Crippen LogP) is 5.12. The molecular formula is C31H37N5O2. The van der Waals surface area contributed by atoms with Crippen molar-refractivity contribution in [2.45, 2.75) is 45.3 Å². The van der Waals surface area contributed by atoms with Crippen LogP contribution in [0.5, 0.6) is 5.75 Å². The number of ether oxygens (including phenoxy) is 1. The number of likely N-dealkylation sites (tertiary alicyclic amines) is 1. The van der Waals surface area contributed by atoms with Crippen LogP contribution in [0.3, 0.4) is 0 Å². The number of rotatable bonds is 7. The molecule has 3 aliphatic heterocycles. The normalized spacial score (nSPS) is 21.1. The van der Waals surface area contributed by atoms with Gasteiger partial charge in [0.1, 0.15) is 11.6 Å². The second-order valence-corrected chi connectivity index (χ2v) is 10.7. The zero-order valence-corrected chi connectivity index (χ0v) is 22.3. The molecule has 0 radical (unpaired) electrons. The Labute approximate surface area is 225 Å². The summed E-state index contributed by atoms with van der Waals surface area (Å²) in [5, 5.41) is 14.1. The molecule has 198 valence electrons. The minimum Gasteiger partial charge on any atom is -0.437 e. The summed E-state index contributed by atoms with van der Waals surface area (Å²) in [5.41, 5.74) is 4.48. The molecule has 0 amide bonds. The van der Waals surface area contributed by atoms with Crippen molar-refractivity contribution in [3.8, 4) is 5.75 Å². The second-order valence-electron chi connectivity index (χ2n) is 10.7. The van der Waals surface area contributed by atoms with Crippen LogP contribution in [0.2, 0.25) is 0 Å². The fraction of sp³-hybridized carbons (Fsp3) is 0.419. The molecule has 3 heterocycles. The lowest BCUT2D eigenvalue weighted by Gasteiger charge is -2.38. The summed E-state index contributed by atoms with van der Waals surface area (Å²) in [6, 6.07) is 16.5. The third-order valence-electron chi connectivity index (χ3n) is 8.14. The van der Waals surface area contributed by atoms with E-state index in [2.05, 4.69) is 45.5 Å². The highest BCUT2D eigenvalue weighted by Gasteiger charge is 2.37. The van der Waals surface area contributed by atoms with Gasteiger partial charge in [0.25, 0.3) is 0 Å². The van der Waals surface area contributed by atoms with Crippen LogP contribution in [-0.2, 0) is 6.54 Å². The lowest BCUT2D eigenvalue weighted by molar-refractivity contribution is 0.0493. The van der Waals surface area contributed by atoms with E-state index in [9.17, 15) is 5.11 Å². The lowest BCUT2D eigenvalue weighted by atomic mass is 9.89. The number of para-hydroxylation sites is 1. The number of benzene rings is 2. The number of aliphatic imine (C=N–C) groups is 2. The number of aliphatic hydroxyl groups excluding tert-OH is 1. The Hall–Kier alpha value is -3.58. The molecule has 2 aromatic carbocycles. The molecule has 38 heavy (non-hydrogen) atoms. The molecule has 2 N–H and O–H groups in total. The number of piperidine rings is 1. The molecule has 0 aromatic heterocycles. The van der Waals surface area contributed by atoms with Gasteiger partial charge in [-0.1, -0.05) is 36.4 Å². The molecule has 7 heteroatoms. The van der Waals surface area contributed by atoms with Gasteiger partial charge >= 0.3 is 0 Å². The SMILES string of the molecule is C/C=C(\C1=NCc2ccccc2N1)c1ccc(OC2=C(N3CCC(C(O)C4CC4)CC3)N=CCN2C)cc1. The predicted molar refractivity (Wildman–Crippen MR) is 153 cm³/mol. The van der Waals surface area contributed by atoms with Crippen molar-refractivity contribution in [2.24, 2.45) is 21.8 Å². The van der Waals surface area contributed by atoms with E-state index in [0.29, 0.717) is 24.9 Å². The number of nitrogens with one attached hydrogen (secondary N) is 1. The van der Waals surface area contributed by atoms with E-state index in [0.717, 1.165) is 66.0 Å². The number of amidine groups is 1. The molecule has 6 rings (SSSR count). The first-order chi connectivity index (χ1) is 18.6. The standard InChI is InChI=1S/C31H37N5O2/c1-3-26(29-33-20-24-6-4-5-7-27(24)34-29)21-10-12-25(13-11-21)38-31-30(32-16-19-35(31)2)36-17-14-23(15-18-36)28(37)22-8-9-22/h3-7,10-13,16,22-23,28,37H,8-9,14-15,17-20H2,1-2H3,(H,33,34)/b26-3-. The Morgan fingerprint density at radius 3 is 2.53 bits per heavy atom. The van der Waals surface area contributed by atoms with Crippen molar-refractivity contribution in [2.75, 3.05) is 32.0 Å². The van der Waals surface area contributed by atoms with Crippen LogP contribution in [0.25, 0.3) is 5.57 Å². The summed E-state index contributed by atoms with van der Waals surface area (Å²) in [6.45, 7) is 5.22. The number of nitrogens with zero attached hydrogens (tertiary/aromatic N) is 4. The van der Waals surface area contributed by atoms with Crippen LogP contribution >= 0.6 is 0 Å². The van der Waals surface area contributed by atoms with E-state index >= 15 is 0 Å². The van der Waals surface area contributed by atoms with E-state index in [1.54, 1.807) is 0 Å². The maximum atomic E-state index is 10.6. The molecule has 7 nitrogen and oxygen atoms in total. The molecule has 2 fully saturated rings. The van der Waals surface area contributed by atoms with Crippen LogP contribution in [-0.4, -0.2) is 59.7 Å². The van der Waals surface area contributed by atoms with Gasteiger partial charge in [0, 0.05) is 37.6 Å². The van der Waals surface area contributed by atoms with Gasteiger partial charge in [0.05, 0.1) is 19.2 Å². The average molecular weight is 512 g/mol. The highest BCUT2D eigenvalue weighted by Crippen LogP contribution is 2.39. The van der Waals surface area contributed by atoms with E-state index < -0.39 is 0 Å². The van der Waals surface area contributed by atoms with Crippen molar-refractivity contribution in [1.82, 2.24) is 9.80 Å². The summed E-state index contributed by atoms with van der Waals surface area (Å²) in [5.74, 6) is 4.27. The largest absolute Gasteiger partial charge is 0.437 e. The number of hydrogen-bond acceptors (Lipinski definition) is 7. The van der Waals surface area contributed by atoms with Crippen LogP contribution in [0.15, 0.2) is 76.3 Å². The molecule has 1 saturated heterocycles. The van der Waals surface area contributed by atoms with E-state index in [-0.39, 0.29) is 6.10 Å². The van der Waals surface area contributed by atoms with E-state index in [1.165, 1.54) is 18.4 Å². The van der Waals surface area contributed by atoms with Gasteiger partial charge in [-0.2, -0.15) is 0 Å². The second kappa shape index (κ2) is 10.7. The molecule has 0 bridgehead atoms. The van der Waals surface area contributed by atoms with Crippen molar-refractivity contribution < 1.29 is 9.84 Å². The van der Waals surface area contributed by atoms with Crippen molar-refractivity contribution in [1.29, 1.82) is 0 Å². The highest BCUT2D eigenvalue weighted by molar-refractivity contribution is 6.28. The van der Waals surface area contributed by atoms with Crippen molar-refractivity contribution in [3.05, 3.63) is 77.4 Å². The number of aliphatic hydroxyl groups is 1. The summed E-state index contributed by atoms with van der Waals surface area (Å²) < 4.78 is 6.45. The maximum Gasteiger partial charge on any atom is 0.239 e. The molecular weight excluding hydrogens is 474 g/mol. The van der Waals surface area contributed by atoms with Crippen molar-refractivity contribution in [3.63, 3.8) is 0 Å². The van der Waals surface area contributed by atoms with Gasteiger partial charge in [0.2, 0.25) is 5.88 Å². The Morgan fingerprint density at radius 2 is 1.79 bits per heavy atom. The number of hydrogen-bond donors (Lipinski definition) is 2. The minimum atomic E-state index is -0.135. The van der Waals surface area contributed by atoms with Crippen LogP contribution in [0.1, 0.15) is 43.7 Å². The lowest BCUT2D eigenvalue weighted by Crippen LogP contribution is -2.41. The Balaban J connectivity index is 1.16. The van der Waals surface area contributed by atoms with Gasteiger partial charge in [-0.15, -0.1) is 0 Å². The molecule has 0 spiro atoms. The summed E-state index contributed by atoms with van der Waals surface area (Å²) in [4.78, 5) is 14.0. The Morgan fingerprint density at radius 1 is 1.05 bits per heavy atom. The summed E-state index contributed by atoms with van der Waals surface area (Å²) >= 11 is 0. The number of allylic oxidation sites excluding steroid dienone is 1. The van der Waals surface area contributed by atoms with Gasteiger partial charge in [-0.25, -0.2) is 4.99 Å². The molecule has 1 saturated carbocycles. The average Bonchev–Trinajstić information content (AvgIpc) is 3.81. The smallest absolute Gasteiger partial charge is 0.239 e. The van der Waals surface area contributed by atoms with Crippen molar-refractivity contribution >= 4 is 23.3 Å². The molecule has 2 aromatic rings. The maximum absolute atomic E-state index is 10.6. The quantitative estimate of drug-likeness (QED) is 0.540. The monoisotopic (exact) mass is 511 g/mol. The molecule has 1 unspecified atom stereocenters. The third kappa shape index (κ3) is 5.07. The summed E-state index contributed by atoms with van der Waals surface area (Å²) in [6.07, 6.45) is 8.28. The molecule has 1 aliphatic carbocycles. The topological polar surface area (TPSA) is 72.7 Å². The fourth-order valence-corrected chi connectivity index (χ4v) is 5.69. The van der Waals surface area contributed by atoms with E-state index in [1.807, 2.05) is 44.5 Å². The van der Waals surface area contributed by atoms with Gasteiger partial charge in [-0.3, -0.25) is 4.99 Å². The molecule has 4 aliphatic rings. The van der Waals surface area contributed by atoms with Crippen LogP contribution in [0.4, 0.5) is 5.69 Å². The zero-order valence-electron chi connectivity index (χ0n) is 22.3. The third-order valence-corrected chi connectivity index (χ3v) is 8.14. The Bertz CT molecular complexity index is 1280. The first-order valence-corrected chi connectivity index (χ1v) is 13.9. The number of anilines is 1. The van der Waals surface area contributed by atoms with Crippen LogP contribution < -0.4 is 10.1 Å². The van der Waals surface area contributed by atoms with Gasteiger partial charge in [0.15, 0.2) is 5.82 Å². The minimum absolute atomic E-state index is 0.135. The van der Waals surface area contributed by atoms with Crippen LogP contribution in [0, 0.1) is 11.8 Å². The van der Waals surface area contributed by atoms with Gasteiger partial charge in [-0.05, 0) is 73.8 Å². The summed E-state index contributed by atoms with van der Waals surface area (Å²) in [7, 11) is 2.04. The zero-order chi connectivity index (χ0) is 26.1. The highest BCUT2D eigenvalue weighted by atomic mass is 16.5. The molecule has 1 atom stereocenters. The first kappa shape index (κ1) is 24.7. The van der Waals surface area contributed by atoms with E-state index in [4.69, 9.17) is 14.7 Å².